The van der Waals surface area contributed by atoms with Gasteiger partial charge in [-0.3, -0.25) is 4.79 Å². The molecule has 0 N–H and O–H groups in total. The van der Waals surface area contributed by atoms with Gasteiger partial charge in [0, 0.05) is 19.5 Å². The molecule has 0 atom stereocenters. The number of nitrogens with zero attached hydrogens (tertiary/aromatic N) is 1. The van der Waals surface area contributed by atoms with Crippen LogP contribution < -0.4 is 0 Å². The molecule has 1 heterocycles. The molecule has 1 rings (SSSR count). The number of ether oxygens (including phenoxy) is 1. The molecule has 1 fully saturated rings. The number of allylic oxidation sites excluding steroid dienone is 1. The van der Waals surface area contributed by atoms with Crippen molar-refractivity contribution in [2.45, 2.75) is 78.4 Å². The molecule has 1 aliphatic rings. The standard InChI is InChI=1S/C19H35NO3Si/c1-6-8-11-17(12-13-18(21)20-14-9-10-15-20)16-19(22-7-2)23-24(3,4)5/h6-15H2,1-5H3. The third-order valence-electron chi connectivity index (χ3n) is 3.88. The molecule has 0 aromatic rings. The van der Waals surface area contributed by atoms with Crippen molar-refractivity contribution in [1.82, 2.24) is 4.90 Å². The monoisotopic (exact) mass is 353 g/mol. The molecule has 0 aliphatic carbocycles. The van der Waals surface area contributed by atoms with Crippen molar-refractivity contribution >= 4 is 14.2 Å². The molecule has 0 bridgehead atoms. The molecular formula is C19H35NO3Si. The zero-order valence-corrected chi connectivity index (χ0v) is 17.2. The number of rotatable bonds is 10. The van der Waals surface area contributed by atoms with Crippen molar-refractivity contribution < 1.29 is 14.0 Å². The summed E-state index contributed by atoms with van der Waals surface area (Å²) in [6, 6.07) is 0. The van der Waals surface area contributed by atoms with E-state index in [1.165, 1.54) is 0 Å². The quantitative estimate of drug-likeness (QED) is 0.321. The second-order valence-electron chi connectivity index (χ2n) is 7.35. The SMILES string of the molecule is CCCCC(=C=C(OCC)O[Si](C)(C)C)CCC(=O)N1CCCC1. The summed E-state index contributed by atoms with van der Waals surface area (Å²) >= 11 is 0. The first-order valence-electron chi connectivity index (χ1n) is 9.44. The fraction of sp³-hybridized carbons (Fsp3) is 0.789. The van der Waals surface area contributed by atoms with Crippen LogP contribution in [0.25, 0.3) is 0 Å². The second-order valence-corrected chi connectivity index (χ2v) is 11.8. The number of carbonyl (C=O) groups excluding carboxylic acids is 1. The Bertz CT molecular complexity index is 456. The van der Waals surface area contributed by atoms with Crippen molar-refractivity contribution in [3.8, 4) is 0 Å². The molecule has 138 valence electrons. The number of hydrogen-bond acceptors (Lipinski definition) is 3. The van der Waals surface area contributed by atoms with Crippen LogP contribution in [0.4, 0.5) is 0 Å². The van der Waals surface area contributed by atoms with Crippen molar-refractivity contribution in [3.63, 3.8) is 0 Å². The lowest BCUT2D eigenvalue weighted by Crippen LogP contribution is -2.27. The van der Waals surface area contributed by atoms with Crippen molar-refractivity contribution in [2.24, 2.45) is 0 Å². The van der Waals surface area contributed by atoms with Crippen LogP contribution in [-0.4, -0.2) is 38.8 Å². The molecule has 0 spiro atoms. The molecule has 1 amide bonds. The molecule has 4 nitrogen and oxygen atoms in total. The minimum atomic E-state index is -1.73. The highest BCUT2D eigenvalue weighted by molar-refractivity contribution is 6.69. The van der Waals surface area contributed by atoms with Gasteiger partial charge in [-0.25, -0.2) is 0 Å². The highest BCUT2D eigenvalue weighted by Crippen LogP contribution is 2.18. The number of hydrogen-bond donors (Lipinski definition) is 0. The van der Waals surface area contributed by atoms with Gasteiger partial charge < -0.3 is 14.1 Å². The lowest BCUT2D eigenvalue weighted by molar-refractivity contribution is -0.130. The maximum absolute atomic E-state index is 12.3. The molecular weight excluding hydrogens is 318 g/mol. The summed E-state index contributed by atoms with van der Waals surface area (Å²) in [6.07, 6.45) is 6.79. The molecule has 5 heteroatoms. The van der Waals surface area contributed by atoms with Crippen molar-refractivity contribution in [2.75, 3.05) is 19.7 Å². The maximum atomic E-state index is 12.3. The normalized spacial score (nSPS) is 14.3. The van der Waals surface area contributed by atoms with Gasteiger partial charge in [-0.2, -0.15) is 0 Å². The Kier molecular flexibility index (Phi) is 9.23. The topological polar surface area (TPSA) is 38.8 Å². The highest BCUT2D eigenvalue weighted by atomic mass is 28.4. The average Bonchev–Trinajstić information content (AvgIpc) is 3.02. The fourth-order valence-corrected chi connectivity index (χ4v) is 3.33. The van der Waals surface area contributed by atoms with E-state index in [1.807, 2.05) is 11.8 Å². The first-order valence-corrected chi connectivity index (χ1v) is 12.8. The van der Waals surface area contributed by atoms with E-state index in [1.54, 1.807) is 0 Å². The first kappa shape index (κ1) is 20.9. The number of likely N-dealkylation sites (tertiary alicyclic amines) is 1. The second kappa shape index (κ2) is 10.6. The van der Waals surface area contributed by atoms with Gasteiger partial charge in [-0.1, -0.05) is 13.3 Å². The zero-order chi connectivity index (χ0) is 18.0. The van der Waals surface area contributed by atoms with Crippen molar-refractivity contribution in [3.05, 3.63) is 17.2 Å². The van der Waals surface area contributed by atoms with E-state index < -0.39 is 8.32 Å². The Balaban J connectivity index is 2.81. The molecule has 1 saturated heterocycles. The third kappa shape index (κ3) is 8.60. The van der Waals surface area contributed by atoms with Gasteiger partial charge in [-0.05, 0) is 70.0 Å². The Hall–Kier alpha value is -1.19. The molecule has 0 unspecified atom stereocenters. The Morgan fingerprint density at radius 3 is 2.29 bits per heavy atom. The Morgan fingerprint density at radius 2 is 1.75 bits per heavy atom. The van der Waals surface area contributed by atoms with E-state index in [4.69, 9.17) is 9.16 Å². The van der Waals surface area contributed by atoms with E-state index in [2.05, 4.69) is 32.3 Å². The number of amides is 1. The van der Waals surface area contributed by atoms with Crippen LogP contribution in [0.5, 0.6) is 0 Å². The van der Waals surface area contributed by atoms with Crippen LogP contribution in [0.15, 0.2) is 17.2 Å². The van der Waals surface area contributed by atoms with Gasteiger partial charge >= 0.3 is 5.95 Å². The van der Waals surface area contributed by atoms with Crippen LogP contribution in [0.1, 0.15) is 58.8 Å². The summed E-state index contributed by atoms with van der Waals surface area (Å²) < 4.78 is 11.6. The summed E-state index contributed by atoms with van der Waals surface area (Å²) in [5, 5.41) is 0. The maximum Gasteiger partial charge on any atom is 0.313 e. The molecule has 24 heavy (non-hydrogen) atoms. The van der Waals surface area contributed by atoms with E-state index in [-0.39, 0.29) is 5.91 Å². The van der Waals surface area contributed by atoms with Crippen molar-refractivity contribution in [1.29, 1.82) is 0 Å². The molecule has 0 radical (unpaired) electrons. The number of carbonyl (C=O) groups is 1. The van der Waals surface area contributed by atoms with Gasteiger partial charge in [0.2, 0.25) is 14.2 Å². The van der Waals surface area contributed by atoms with Gasteiger partial charge in [-0.15, -0.1) is 0 Å². The molecule has 0 aromatic carbocycles. The third-order valence-corrected chi connectivity index (χ3v) is 4.68. The highest BCUT2D eigenvalue weighted by Gasteiger charge is 2.20. The van der Waals surface area contributed by atoms with Crippen LogP contribution in [0.2, 0.25) is 19.6 Å². The van der Waals surface area contributed by atoms with E-state index in [0.717, 1.165) is 57.2 Å². The van der Waals surface area contributed by atoms with Crippen LogP contribution in [0, 0.1) is 0 Å². The zero-order valence-electron chi connectivity index (χ0n) is 16.2. The molecule has 1 aliphatic heterocycles. The molecule has 0 saturated carbocycles. The number of unbranched alkanes of at least 4 members (excludes halogenated alkanes) is 1. The Labute approximate surface area is 149 Å². The smallest absolute Gasteiger partial charge is 0.313 e. The van der Waals surface area contributed by atoms with Gasteiger partial charge in [0.25, 0.3) is 0 Å². The van der Waals surface area contributed by atoms with Crippen LogP contribution >= 0.6 is 0 Å². The van der Waals surface area contributed by atoms with E-state index in [0.29, 0.717) is 19.0 Å². The molecule has 0 aromatic heterocycles. The lowest BCUT2D eigenvalue weighted by Gasteiger charge is -2.20. The minimum Gasteiger partial charge on any atom is -0.514 e. The predicted octanol–water partition coefficient (Wildman–Crippen LogP) is 4.83. The summed E-state index contributed by atoms with van der Waals surface area (Å²) in [5.41, 5.74) is 4.49. The van der Waals surface area contributed by atoms with Crippen LogP contribution in [0.3, 0.4) is 0 Å². The summed E-state index contributed by atoms with van der Waals surface area (Å²) in [6.45, 7) is 13.0. The van der Waals surface area contributed by atoms with E-state index in [9.17, 15) is 4.79 Å². The largest absolute Gasteiger partial charge is 0.514 e. The average molecular weight is 354 g/mol. The summed E-state index contributed by atoms with van der Waals surface area (Å²) in [5.74, 6) is 0.781. The van der Waals surface area contributed by atoms with Gasteiger partial charge in [0.05, 0.1) is 6.61 Å². The summed E-state index contributed by atoms with van der Waals surface area (Å²) in [7, 11) is -1.73. The van der Waals surface area contributed by atoms with E-state index >= 15 is 0 Å². The Morgan fingerprint density at radius 1 is 1.08 bits per heavy atom. The minimum absolute atomic E-state index is 0.271. The summed E-state index contributed by atoms with van der Waals surface area (Å²) in [4.78, 5) is 14.3. The van der Waals surface area contributed by atoms with Gasteiger partial charge in [0.15, 0.2) is 0 Å². The fourth-order valence-electron chi connectivity index (χ4n) is 2.67. The van der Waals surface area contributed by atoms with Crippen LogP contribution in [-0.2, 0) is 14.0 Å². The first-order chi connectivity index (χ1) is 11.4. The lowest BCUT2D eigenvalue weighted by atomic mass is 10.0. The van der Waals surface area contributed by atoms with Gasteiger partial charge in [0.1, 0.15) is 0 Å². The predicted molar refractivity (Wildman–Crippen MR) is 101 cm³/mol.